The van der Waals surface area contributed by atoms with Crippen LogP contribution < -0.4 is 0 Å². The van der Waals surface area contributed by atoms with E-state index in [9.17, 15) is 0 Å². The van der Waals surface area contributed by atoms with E-state index in [2.05, 4.69) is 144 Å². The van der Waals surface area contributed by atoms with Crippen molar-refractivity contribution in [1.82, 2.24) is 19.5 Å². The lowest BCUT2D eigenvalue weighted by molar-refractivity contribution is 0.669. The Kier molecular flexibility index (Phi) is 7.21. The molecule has 4 aromatic heterocycles. The summed E-state index contributed by atoms with van der Waals surface area (Å²) in [5.74, 6) is 1.71. The van der Waals surface area contributed by atoms with Crippen molar-refractivity contribution < 1.29 is 8.83 Å². The van der Waals surface area contributed by atoms with Crippen LogP contribution in [-0.4, -0.2) is 19.5 Å². The number of hydrogen-bond acceptors (Lipinski definition) is 5. The standard InChI is InChI=1S/C55H32N4O2/c1-2-12-34(13-3-1)53-56-54(37-24-27-43-42-18-8-11-21-49(42)60-50(43)32-37)58-55(57-53)38-29-44(52-46(30-38)45-28-35-14-4-5-15-36(35)31-51(45)61-52)33-22-25-39(26-23-33)59-47-19-9-6-16-40(47)41-17-7-10-20-48(41)59/h1-32H. The van der Waals surface area contributed by atoms with Gasteiger partial charge in [-0.05, 0) is 83.1 Å². The average Bonchev–Trinajstić information content (AvgIpc) is 3.99. The van der Waals surface area contributed by atoms with Gasteiger partial charge in [-0.3, -0.25) is 0 Å². The molecule has 4 heterocycles. The minimum atomic E-state index is 0.562. The molecule has 0 radical (unpaired) electrons. The molecule has 61 heavy (non-hydrogen) atoms. The van der Waals surface area contributed by atoms with Crippen molar-refractivity contribution in [3.05, 3.63) is 194 Å². The zero-order chi connectivity index (χ0) is 40.0. The van der Waals surface area contributed by atoms with E-state index in [0.717, 1.165) is 88.2 Å². The number of fused-ring (bicyclic) bond motifs is 10. The first-order chi connectivity index (χ1) is 30.2. The smallest absolute Gasteiger partial charge is 0.164 e. The van der Waals surface area contributed by atoms with Crippen molar-refractivity contribution in [3.63, 3.8) is 0 Å². The first kappa shape index (κ1) is 33.6. The fourth-order valence-electron chi connectivity index (χ4n) is 9.11. The van der Waals surface area contributed by atoms with Gasteiger partial charge in [-0.15, -0.1) is 0 Å². The highest BCUT2D eigenvalue weighted by Gasteiger charge is 2.20. The second-order valence-electron chi connectivity index (χ2n) is 15.6. The predicted molar refractivity (Wildman–Crippen MR) is 248 cm³/mol. The fraction of sp³-hybridized carbons (Fsp3) is 0. The molecule has 0 N–H and O–H groups in total. The van der Waals surface area contributed by atoms with Crippen molar-refractivity contribution in [2.75, 3.05) is 0 Å². The molecule has 9 aromatic carbocycles. The molecular formula is C55H32N4O2. The van der Waals surface area contributed by atoms with E-state index < -0.39 is 0 Å². The Morgan fingerprint density at radius 1 is 0.328 bits per heavy atom. The summed E-state index contributed by atoms with van der Waals surface area (Å²) in [6.45, 7) is 0. The number of nitrogens with zero attached hydrogens (tertiary/aromatic N) is 4. The lowest BCUT2D eigenvalue weighted by Crippen LogP contribution is -2.00. The number of para-hydroxylation sites is 3. The number of rotatable bonds is 5. The van der Waals surface area contributed by atoms with Gasteiger partial charge in [0.25, 0.3) is 0 Å². The number of aromatic nitrogens is 4. The minimum Gasteiger partial charge on any atom is -0.456 e. The molecule has 13 rings (SSSR count). The van der Waals surface area contributed by atoms with Crippen LogP contribution in [0.15, 0.2) is 203 Å². The zero-order valence-electron chi connectivity index (χ0n) is 32.6. The van der Waals surface area contributed by atoms with Crippen molar-refractivity contribution >= 4 is 76.5 Å². The average molecular weight is 781 g/mol. The van der Waals surface area contributed by atoms with Gasteiger partial charge in [-0.2, -0.15) is 0 Å². The summed E-state index contributed by atoms with van der Waals surface area (Å²) in [6, 6.07) is 67.5. The monoisotopic (exact) mass is 780 g/mol. The van der Waals surface area contributed by atoms with Gasteiger partial charge in [0, 0.05) is 60.3 Å². The van der Waals surface area contributed by atoms with Gasteiger partial charge in [0.05, 0.1) is 11.0 Å². The molecule has 0 saturated carbocycles. The Hall–Kier alpha value is -8.35. The number of furan rings is 2. The third-order valence-corrected chi connectivity index (χ3v) is 12.0. The van der Waals surface area contributed by atoms with Gasteiger partial charge >= 0.3 is 0 Å². The maximum atomic E-state index is 6.84. The molecule has 0 amide bonds. The van der Waals surface area contributed by atoms with E-state index in [0.29, 0.717) is 17.5 Å². The fourth-order valence-corrected chi connectivity index (χ4v) is 9.11. The summed E-state index contributed by atoms with van der Waals surface area (Å²) in [5, 5.41) is 8.89. The summed E-state index contributed by atoms with van der Waals surface area (Å²) in [4.78, 5) is 15.5. The second-order valence-corrected chi connectivity index (χ2v) is 15.6. The first-order valence-electron chi connectivity index (χ1n) is 20.4. The van der Waals surface area contributed by atoms with E-state index in [1.165, 1.54) is 21.8 Å². The minimum absolute atomic E-state index is 0.562. The molecule has 0 unspecified atom stereocenters. The molecule has 0 atom stereocenters. The van der Waals surface area contributed by atoms with Gasteiger partial charge < -0.3 is 13.4 Å². The largest absolute Gasteiger partial charge is 0.456 e. The molecule has 0 aliphatic carbocycles. The third kappa shape index (κ3) is 5.32. The Balaban J connectivity index is 1.03. The van der Waals surface area contributed by atoms with Crippen molar-refractivity contribution in [2.24, 2.45) is 0 Å². The van der Waals surface area contributed by atoms with Crippen LogP contribution in [0.3, 0.4) is 0 Å². The van der Waals surface area contributed by atoms with E-state index >= 15 is 0 Å². The summed E-state index contributed by atoms with van der Waals surface area (Å²) in [7, 11) is 0. The topological polar surface area (TPSA) is 69.9 Å². The van der Waals surface area contributed by atoms with Crippen LogP contribution in [-0.2, 0) is 0 Å². The summed E-state index contributed by atoms with van der Waals surface area (Å²) < 4.78 is 15.5. The van der Waals surface area contributed by atoms with Gasteiger partial charge in [-0.1, -0.05) is 127 Å². The molecule has 0 fully saturated rings. The van der Waals surface area contributed by atoms with E-state index in [1.54, 1.807) is 0 Å². The Labute approximate surface area is 348 Å². The van der Waals surface area contributed by atoms with Crippen LogP contribution in [0.2, 0.25) is 0 Å². The van der Waals surface area contributed by atoms with Gasteiger partial charge in [0.15, 0.2) is 17.5 Å². The summed E-state index contributed by atoms with van der Waals surface area (Å²) in [6.07, 6.45) is 0. The zero-order valence-corrected chi connectivity index (χ0v) is 32.6. The Bertz CT molecular complexity index is 3820. The van der Waals surface area contributed by atoms with E-state index in [1.807, 2.05) is 54.6 Å². The van der Waals surface area contributed by atoms with Gasteiger partial charge in [-0.25, -0.2) is 15.0 Å². The lowest BCUT2D eigenvalue weighted by Gasteiger charge is -2.12. The van der Waals surface area contributed by atoms with Crippen LogP contribution in [0.5, 0.6) is 0 Å². The van der Waals surface area contributed by atoms with Crippen LogP contribution in [0.4, 0.5) is 0 Å². The highest BCUT2D eigenvalue weighted by atomic mass is 16.3. The SMILES string of the molecule is c1ccc(-c2nc(-c3ccc4c(c3)oc3ccccc34)nc(-c3cc(-c4ccc(-n5c6ccccc6c6ccccc65)cc4)c4oc5cc6ccccc6cc5c4c3)n2)cc1. The van der Waals surface area contributed by atoms with E-state index in [4.69, 9.17) is 23.8 Å². The molecule has 0 saturated heterocycles. The van der Waals surface area contributed by atoms with Crippen molar-refractivity contribution in [2.45, 2.75) is 0 Å². The Morgan fingerprint density at radius 2 is 0.902 bits per heavy atom. The summed E-state index contributed by atoms with van der Waals surface area (Å²) >= 11 is 0. The molecule has 0 aliphatic rings. The lowest BCUT2D eigenvalue weighted by atomic mass is 9.97. The second kappa shape index (κ2) is 13.1. The quantitative estimate of drug-likeness (QED) is 0.174. The van der Waals surface area contributed by atoms with Gasteiger partial charge in [0.2, 0.25) is 0 Å². The molecule has 284 valence electrons. The molecule has 0 spiro atoms. The normalized spacial score (nSPS) is 11.9. The summed E-state index contributed by atoms with van der Waals surface area (Å²) in [5.41, 5.74) is 11.3. The first-order valence-corrected chi connectivity index (χ1v) is 20.4. The molecule has 0 aliphatic heterocycles. The number of benzene rings is 9. The molecule has 13 aromatic rings. The highest BCUT2D eigenvalue weighted by molar-refractivity contribution is 6.15. The van der Waals surface area contributed by atoms with E-state index in [-0.39, 0.29) is 0 Å². The third-order valence-electron chi connectivity index (χ3n) is 12.0. The maximum Gasteiger partial charge on any atom is 0.164 e. The Morgan fingerprint density at radius 3 is 1.66 bits per heavy atom. The molecule has 6 nitrogen and oxygen atoms in total. The van der Waals surface area contributed by atoms with Crippen LogP contribution in [0, 0.1) is 0 Å². The van der Waals surface area contributed by atoms with Crippen LogP contribution >= 0.6 is 0 Å². The molecular weight excluding hydrogens is 749 g/mol. The maximum absolute atomic E-state index is 6.84. The van der Waals surface area contributed by atoms with Crippen LogP contribution in [0.25, 0.3) is 127 Å². The van der Waals surface area contributed by atoms with Crippen molar-refractivity contribution in [1.29, 1.82) is 0 Å². The number of hydrogen-bond donors (Lipinski definition) is 0. The molecule has 0 bridgehead atoms. The van der Waals surface area contributed by atoms with Crippen molar-refractivity contribution in [3.8, 4) is 51.0 Å². The van der Waals surface area contributed by atoms with Gasteiger partial charge in [0.1, 0.15) is 22.3 Å². The highest BCUT2D eigenvalue weighted by Crippen LogP contribution is 2.42. The molecule has 6 heteroatoms. The predicted octanol–water partition coefficient (Wildman–Crippen LogP) is 14.6. The van der Waals surface area contributed by atoms with Crippen LogP contribution in [0.1, 0.15) is 0 Å².